The number of carbonyl (C=O) groups is 2. The van der Waals surface area contributed by atoms with E-state index in [-0.39, 0.29) is 11.6 Å². The van der Waals surface area contributed by atoms with Gasteiger partial charge in [-0.1, -0.05) is 41.5 Å². The Balaban J connectivity index is 4.74. The van der Waals surface area contributed by atoms with E-state index < -0.39 is 17.2 Å². The summed E-state index contributed by atoms with van der Waals surface area (Å²) in [4.78, 5) is 23.3. The molecule has 0 bridgehead atoms. The van der Waals surface area contributed by atoms with E-state index in [0.29, 0.717) is 0 Å². The fourth-order valence-corrected chi connectivity index (χ4v) is 0.552. The Kier molecular flexibility index (Phi) is 2.89. The molecule has 0 aliphatic heterocycles. The molecule has 0 N–H and O–H groups in total. The zero-order valence-electron chi connectivity index (χ0n) is 10.4. The Hall–Kier alpha value is -0.660. The predicted molar refractivity (Wildman–Crippen MR) is 53.5 cm³/mol. The van der Waals surface area contributed by atoms with Crippen molar-refractivity contribution >= 4 is 11.6 Å². The first-order valence-corrected chi connectivity index (χ1v) is 4.49. The third-order valence-corrected chi connectivity index (χ3v) is 1.74. The maximum absolute atomic E-state index is 11.6. The van der Waals surface area contributed by atoms with E-state index in [4.69, 9.17) is 1.37 Å². The molecule has 0 unspecified atom stereocenters. The minimum absolute atomic E-state index is 0.308. The quantitative estimate of drug-likeness (QED) is 0.620. The van der Waals surface area contributed by atoms with Crippen LogP contribution in [0.5, 0.6) is 0 Å². The van der Waals surface area contributed by atoms with Gasteiger partial charge in [-0.05, 0) is 0 Å². The maximum atomic E-state index is 11.6. The highest BCUT2D eigenvalue weighted by molar-refractivity contribution is 6.03. The second-order valence-corrected chi connectivity index (χ2v) is 5.37. The normalized spacial score (nSPS) is 14.2. The van der Waals surface area contributed by atoms with Gasteiger partial charge in [0.05, 0.1) is 6.40 Å². The van der Waals surface area contributed by atoms with Crippen LogP contribution in [0.2, 0.25) is 0 Å². The van der Waals surface area contributed by atoms with E-state index in [2.05, 4.69) is 0 Å². The van der Waals surface area contributed by atoms with Crippen LogP contribution in [-0.2, 0) is 9.59 Å². The third-order valence-electron chi connectivity index (χ3n) is 1.74. The Bertz CT molecular complexity index is 217. The summed E-state index contributed by atoms with van der Waals surface area (Å²) in [6.07, 6.45) is -1.24. The fourth-order valence-electron chi connectivity index (χ4n) is 0.552. The molecule has 0 aliphatic carbocycles. The highest BCUT2D eigenvalue weighted by Gasteiger charge is 2.28. The molecule has 0 aromatic rings. The van der Waals surface area contributed by atoms with Crippen LogP contribution in [-0.4, -0.2) is 11.6 Å². The second kappa shape index (κ2) is 3.60. The van der Waals surface area contributed by atoms with Crippen LogP contribution in [0, 0.1) is 10.8 Å². The fraction of sp³-hybridized carbons (Fsp3) is 0.818. The van der Waals surface area contributed by atoms with Gasteiger partial charge in [-0.2, -0.15) is 0 Å². The van der Waals surface area contributed by atoms with Gasteiger partial charge in [-0.15, -0.1) is 0 Å². The summed E-state index contributed by atoms with van der Waals surface area (Å²) in [6.45, 7) is 10.4. The lowest BCUT2D eigenvalue weighted by molar-refractivity contribution is -0.135. The van der Waals surface area contributed by atoms with Crippen molar-refractivity contribution in [3.63, 3.8) is 0 Å². The van der Waals surface area contributed by atoms with Crippen LogP contribution < -0.4 is 0 Å². The van der Waals surface area contributed by atoms with Crippen molar-refractivity contribution in [2.45, 2.75) is 47.9 Å². The first-order chi connectivity index (χ1) is 5.98. The van der Waals surface area contributed by atoms with Crippen molar-refractivity contribution in [3.8, 4) is 0 Å². The summed E-state index contributed by atoms with van der Waals surface area (Å²) >= 11 is 0. The SMILES string of the molecule is [2H]C(C(=O)C(C)(C)C)C(=O)C(C)(C)C. The van der Waals surface area contributed by atoms with Crippen LogP contribution in [0.3, 0.4) is 0 Å². The Morgan fingerprint density at radius 1 is 0.923 bits per heavy atom. The van der Waals surface area contributed by atoms with E-state index in [1.165, 1.54) is 0 Å². The van der Waals surface area contributed by atoms with Gasteiger partial charge in [0.25, 0.3) is 0 Å². The van der Waals surface area contributed by atoms with E-state index in [9.17, 15) is 9.59 Å². The van der Waals surface area contributed by atoms with Crippen LogP contribution in [0.15, 0.2) is 0 Å². The van der Waals surface area contributed by atoms with Crippen molar-refractivity contribution in [2.75, 3.05) is 0 Å². The van der Waals surface area contributed by atoms with E-state index in [1.807, 2.05) is 0 Å². The highest BCUT2D eigenvalue weighted by Crippen LogP contribution is 2.22. The molecule has 2 heteroatoms. The average molecular weight is 185 g/mol. The number of Topliss-reactive ketones (excluding diaryl/α,β-unsaturated/α-hetero) is 2. The summed E-state index contributed by atoms with van der Waals surface area (Å²) in [5.41, 5.74) is -1.24. The third kappa shape index (κ3) is 4.20. The molecule has 2 nitrogen and oxygen atoms in total. The first-order valence-electron chi connectivity index (χ1n) is 5.06. The van der Waals surface area contributed by atoms with Crippen LogP contribution in [0.25, 0.3) is 0 Å². The largest absolute Gasteiger partial charge is 0.299 e. The standard InChI is InChI=1S/C11H20O2/c1-10(2,3)8(12)7-9(13)11(4,5)6/h7H2,1-6H3/i7D. The van der Waals surface area contributed by atoms with Crippen molar-refractivity contribution in [2.24, 2.45) is 10.8 Å². The topological polar surface area (TPSA) is 34.1 Å². The second-order valence-electron chi connectivity index (χ2n) is 5.37. The predicted octanol–water partition coefficient (Wildman–Crippen LogP) is 2.61. The van der Waals surface area contributed by atoms with E-state index in [0.717, 1.165) is 0 Å². The van der Waals surface area contributed by atoms with Gasteiger partial charge in [0, 0.05) is 12.2 Å². The summed E-state index contributed by atoms with van der Waals surface area (Å²) < 4.78 is 7.60. The molecule has 76 valence electrons. The molecular weight excluding hydrogens is 164 g/mol. The first kappa shape index (κ1) is 10.4. The lowest BCUT2D eigenvalue weighted by atomic mass is 9.82. The molecule has 13 heavy (non-hydrogen) atoms. The van der Waals surface area contributed by atoms with Crippen molar-refractivity contribution in [1.82, 2.24) is 0 Å². The molecule has 0 radical (unpaired) electrons. The Morgan fingerprint density at radius 3 is 1.31 bits per heavy atom. The van der Waals surface area contributed by atoms with E-state index in [1.54, 1.807) is 41.5 Å². The van der Waals surface area contributed by atoms with Gasteiger partial charge in [0.15, 0.2) is 0 Å². The highest BCUT2D eigenvalue weighted by atomic mass is 16.1. The molecule has 0 saturated carbocycles. The number of hydrogen-bond acceptors (Lipinski definition) is 2. The minimum Gasteiger partial charge on any atom is -0.299 e. The van der Waals surface area contributed by atoms with Gasteiger partial charge < -0.3 is 0 Å². The molecule has 0 aliphatic rings. The summed E-state index contributed by atoms with van der Waals surface area (Å²) in [7, 11) is 0. The maximum Gasteiger partial charge on any atom is 0.145 e. The molecule has 0 rings (SSSR count). The molecule has 0 spiro atoms. The van der Waals surface area contributed by atoms with Gasteiger partial charge in [0.2, 0.25) is 0 Å². The van der Waals surface area contributed by atoms with Gasteiger partial charge in [0.1, 0.15) is 11.6 Å². The monoisotopic (exact) mass is 185 g/mol. The van der Waals surface area contributed by atoms with Gasteiger partial charge in [-0.3, -0.25) is 9.59 Å². The minimum atomic E-state index is -1.24. The number of carbonyl (C=O) groups excluding carboxylic acids is 2. The van der Waals surface area contributed by atoms with Gasteiger partial charge >= 0.3 is 0 Å². The lowest BCUT2D eigenvalue weighted by Gasteiger charge is -2.20. The molecule has 0 fully saturated rings. The van der Waals surface area contributed by atoms with E-state index >= 15 is 0 Å². The Labute approximate surface area is 82.1 Å². The molecule has 0 heterocycles. The van der Waals surface area contributed by atoms with Gasteiger partial charge in [-0.25, -0.2) is 0 Å². The summed E-state index contributed by atoms with van der Waals surface area (Å²) in [5, 5.41) is 0. The van der Waals surface area contributed by atoms with Crippen molar-refractivity contribution < 1.29 is 11.0 Å². The molecule has 0 amide bonds. The van der Waals surface area contributed by atoms with Crippen LogP contribution in [0.1, 0.15) is 49.3 Å². The number of hydrogen-bond donors (Lipinski definition) is 0. The zero-order valence-corrected chi connectivity index (χ0v) is 9.39. The lowest BCUT2D eigenvalue weighted by Crippen LogP contribution is -2.28. The summed E-state index contributed by atoms with van der Waals surface area (Å²) in [5.74, 6) is -0.616. The molecule has 0 aromatic carbocycles. The molecule has 0 aromatic heterocycles. The summed E-state index contributed by atoms with van der Waals surface area (Å²) in [6, 6.07) is 0. The van der Waals surface area contributed by atoms with Crippen LogP contribution in [0.4, 0.5) is 0 Å². The smallest absolute Gasteiger partial charge is 0.145 e. The van der Waals surface area contributed by atoms with Crippen molar-refractivity contribution in [3.05, 3.63) is 0 Å². The molecular formula is C11H20O2. The molecule has 0 saturated heterocycles. The Morgan fingerprint density at radius 2 is 1.15 bits per heavy atom. The average Bonchev–Trinajstić information content (AvgIpc) is 1.97. The van der Waals surface area contributed by atoms with Crippen LogP contribution >= 0.6 is 0 Å². The van der Waals surface area contributed by atoms with Crippen molar-refractivity contribution in [1.29, 1.82) is 0 Å². The number of rotatable bonds is 2. The molecule has 0 atom stereocenters. The zero-order chi connectivity index (χ0) is 11.7. The number of ketones is 2.